The normalized spacial score (nSPS) is 12.4. The standard InChI is InChI=1S/C14H18N2OS/c1-3-13(15)12-6-4-5-7-14(12)17-9-11-8-16-10(2)18-11/h4-8,13H,3,9,15H2,1-2H3/t13-/m1/s1. The molecule has 18 heavy (non-hydrogen) atoms. The maximum absolute atomic E-state index is 6.08. The Labute approximate surface area is 112 Å². The van der Waals surface area contributed by atoms with Gasteiger partial charge in [-0.2, -0.15) is 0 Å². The summed E-state index contributed by atoms with van der Waals surface area (Å²) >= 11 is 1.66. The van der Waals surface area contributed by atoms with Gasteiger partial charge in [0.1, 0.15) is 12.4 Å². The van der Waals surface area contributed by atoms with Crippen LogP contribution < -0.4 is 10.5 Å². The first kappa shape index (κ1) is 13.1. The third-order valence-corrected chi connectivity index (χ3v) is 3.68. The van der Waals surface area contributed by atoms with E-state index in [1.54, 1.807) is 11.3 Å². The Morgan fingerprint density at radius 1 is 1.39 bits per heavy atom. The molecule has 0 aliphatic carbocycles. The van der Waals surface area contributed by atoms with Crippen LogP contribution in [-0.2, 0) is 6.61 Å². The van der Waals surface area contributed by atoms with Gasteiger partial charge in [-0.1, -0.05) is 25.1 Å². The fraction of sp³-hybridized carbons (Fsp3) is 0.357. The smallest absolute Gasteiger partial charge is 0.124 e. The molecule has 1 heterocycles. The average molecular weight is 262 g/mol. The molecule has 4 heteroatoms. The van der Waals surface area contributed by atoms with Gasteiger partial charge < -0.3 is 10.5 Å². The van der Waals surface area contributed by atoms with Crippen LogP contribution in [0, 0.1) is 6.92 Å². The first-order chi connectivity index (χ1) is 8.70. The zero-order valence-corrected chi connectivity index (χ0v) is 11.5. The number of para-hydroxylation sites is 1. The summed E-state index contributed by atoms with van der Waals surface area (Å²) in [6.45, 7) is 4.63. The zero-order valence-electron chi connectivity index (χ0n) is 10.7. The van der Waals surface area contributed by atoms with Crippen molar-refractivity contribution < 1.29 is 4.74 Å². The molecule has 96 valence electrons. The Morgan fingerprint density at radius 2 is 2.17 bits per heavy atom. The second-order valence-electron chi connectivity index (χ2n) is 4.19. The number of rotatable bonds is 5. The number of hydrogen-bond acceptors (Lipinski definition) is 4. The molecule has 0 saturated carbocycles. The van der Waals surface area contributed by atoms with Crippen molar-refractivity contribution in [3.8, 4) is 5.75 Å². The lowest BCUT2D eigenvalue weighted by Gasteiger charge is -2.15. The van der Waals surface area contributed by atoms with E-state index in [2.05, 4.69) is 11.9 Å². The van der Waals surface area contributed by atoms with Gasteiger partial charge in [0.2, 0.25) is 0 Å². The highest BCUT2D eigenvalue weighted by atomic mass is 32.1. The van der Waals surface area contributed by atoms with Crippen molar-refractivity contribution in [2.24, 2.45) is 5.73 Å². The maximum atomic E-state index is 6.08. The van der Waals surface area contributed by atoms with E-state index in [0.29, 0.717) is 6.61 Å². The Bertz CT molecular complexity index is 510. The van der Waals surface area contributed by atoms with Gasteiger partial charge in [-0.3, -0.25) is 0 Å². The third-order valence-electron chi connectivity index (χ3n) is 2.80. The number of hydrogen-bond donors (Lipinski definition) is 1. The molecular formula is C14H18N2OS. The summed E-state index contributed by atoms with van der Waals surface area (Å²) in [6.07, 6.45) is 2.77. The van der Waals surface area contributed by atoms with E-state index < -0.39 is 0 Å². The van der Waals surface area contributed by atoms with Gasteiger partial charge in [0.05, 0.1) is 9.88 Å². The molecule has 1 aromatic heterocycles. The molecule has 0 aliphatic heterocycles. The van der Waals surface area contributed by atoms with E-state index in [4.69, 9.17) is 10.5 Å². The number of aryl methyl sites for hydroxylation is 1. The molecule has 0 amide bonds. The topological polar surface area (TPSA) is 48.1 Å². The zero-order chi connectivity index (χ0) is 13.0. The number of nitrogens with zero attached hydrogens (tertiary/aromatic N) is 1. The van der Waals surface area contributed by atoms with E-state index in [1.165, 1.54) is 0 Å². The number of nitrogens with two attached hydrogens (primary N) is 1. The van der Waals surface area contributed by atoms with Crippen LogP contribution in [0.1, 0.15) is 34.8 Å². The van der Waals surface area contributed by atoms with Gasteiger partial charge in [0.15, 0.2) is 0 Å². The minimum absolute atomic E-state index is 0.0318. The van der Waals surface area contributed by atoms with Crippen LogP contribution in [0.4, 0.5) is 0 Å². The Balaban J connectivity index is 2.09. The minimum Gasteiger partial charge on any atom is -0.488 e. The second kappa shape index (κ2) is 5.98. The highest BCUT2D eigenvalue weighted by Gasteiger charge is 2.10. The summed E-state index contributed by atoms with van der Waals surface area (Å²) in [7, 11) is 0. The summed E-state index contributed by atoms with van der Waals surface area (Å²) in [4.78, 5) is 5.35. The summed E-state index contributed by atoms with van der Waals surface area (Å²) in [6, 6.07) is 8.00. The summed E-state index contributed by atoms with van der Waals surface area (Å²) in [5.41, 5.74) is 7.15. The molecule has 0 radical (unpaired) electrons. The van der Waals surface area contributed by atoms with Gasteiger partial charge in [0, 0.05) is 17.8 Å². The summed E-state index contributed by atoms with van der Waals surface area (Å²) in [5.74, 6) is 0.873. The van der Waals surface area contributed by atoms with E-state index in [1.807, 2.05) is 37.4 Å². The van der Waals surface area contributed by atoms with Crippen molar-refractivity contribution in [1.29, 1.82) is 0 Å². The molecule has 2 N–H and O–H groups in total. The molecule has 0 saturated heterocycles. The first-order valence-electron chi connectivity index (χ1n) is 6.09. The van der Waals surface area contributed by atoms with Gasteiger partial charge >= 0.3 is 0 Å². The molecule has 0 aliphatic rings. The van der Waals surface area contributed by atoms with Crippen LogP contribution >= 0.6 is 11.3 Å². The van der Waals surface area contributed by atoms with Crippen molar-refractivity contribution in [2.45, 2.75) is 32.9 Å². The third kappa shape index (κ3) is 3.09. The fourth-order valence-electron chi connectivity index (χ4n) is 1.76. The number of thiazole rings is 1. The predicted molar refractivity (Wildman–Crippen MR) is 74.8 cm³/mol. The van der Waals surface area contributed by atoms with Crippen molar-refractivity contribution in [3.05, 3.63) is 45.9 Å². The van der Waals surface area contributed by atoms with Crippen LogP contribution in [-0.4, -0.2) is 4.98 Å². The number of benzene rings is 1. The first-order valence-corrected chi connectivity index (χ1v) is 6.91. The van der Waals surface area contributed by atoms with E-state index in [0.717, 1.165) is 27.6 Å². The Kier molecular flexibility index (Phi) is 4.33. The van der Waals surface area contributed by atoms with E-state index in [-0.39, 0.29) is 6.04 Å². The maximum Gasteiger partial charge on any atom is 0.124 e. The summed E-state index contributed by atoms with van der Waals surface area (Å²) < 4.78 is 5.85. The Hall–Kier alpha value is -1.39. The monoisotopic (exact) mass is 262 g/mol. The second-order valence-corrected chi connectivity index (χ2v) is 5.51. The number of ether oxygens (including phenoxy) is 1. The predicted octanol–water partition coefficient (Wildman–Crippen LogP) is 3.44. The number of aromatic nitrogens is 1. The molecule has 2 aromatic rings. The largest absolute Gasteiger partial charge is 0.488 e. The lowest BCUT2D eigenvalue weighted by Crippen LogP contribution is -2.10. The van der Waals surface area contributed by atoms with Gasteiger partial charge in [-0.15, -0.1) is 11.3 Å². The van der Waals surface area contributed by atoms with Crippen LogP contribution in [0.15, 0.2) is 30.5 Å². The Morgan fingerprint density at radius 3 is 2.83 bits per heavy atom. The lowest BCUT2D eigenvalue weighted by atomic mass is 10.0. The van der Waals surface area contributed by atoms with Gasteiger partial charge in [0.25, 0.3) is 0 Å². The molecule has 0 fully saturated rings. The molecular weight excluding hydrogens is 244 g/mol. The molecule has 1 aromatic carbocycles. The van der Waals surface area contributed by atoms with E-state index >= 15 is 0 Å². The lowest BCUT2D eigenvalue weighted by molar-refractivity contribution is 0.304. The molecule has 2 rings (SSSR count). The van der Waals surface area contributed by atoms with Gasteiger partial charge in [-0.05, 0) is 19.4 Å². The summed E-state index contributed by atoms with van der Waals surface area (Å²) in [5, 5.41) is 1.06. The van der Waals surface area contributed by atoms with Crippen LogP contribution in [0.2, 0.25) is 0 Å². The minimum atomic E-state index is 0.0318. The molecule has 1 atom stereocenters. The van der Waals surface area contributed by atoms with Crippen LogP contribution in [0.5, 0.6) is 5.75 Å². The van der Waals surface area contributed by atoms with Crippen molar-refractivity contribution in [3.63, 3.8) is 0 Å². The molecule has 0 spiro atoms. The van der Waals surface area contributed by atoms with Crippen molar-refractivity contribution in [1.82, 2.24) is 4.98 Å². The SMILES string of the molecule is CC[C@@H](N)c1ccccc1OCc1cnc(C)s1. The fourth-order valence-corrected chi connectivity index (χ4v) is 2.47. The van der Waals surface area contributed by atoms with Gasteiger partial charge in [-0.25, -0.2) is 4.98 Å². The molecule has 0 bridgehead atoms. The highest BCUT2D eigenvalue weighted by Crippen LogP contribution is 2.26. The highest BCUT2D eigenvalue weighted by molar-refractivity contribution is 7.11. The molecule has 3 nitrogen and oxygen atoms in total. The average Bonchev–Trinajstić information content (AvgIpc) is 2.81. The van der Waals surface area contributed by atoms with E-state index in [9.17, 15) is 0 Å². The van der Waals surface area contributed by atoms with Crippen LogP contribution in [0.3, 0.4) is 0 Å². The van der Waals surface area contributed by atoms with Crippen molar-refractivity contribution >= 4 is 11.3 Å². The van der Waals surface area contributed by atoms with Crippen LogP contribution in [0.25, 0.3) is 0 Å². The molecule has 0 unspecified atom stereocenters. The van der Waals surface area contributed by atoms with Crippen molar-refractivity contribution in [2.75, 3.05) is 0 Å². The quantitative estimate of drug-likeness (QED) is 0.898.